The van der Waals surface area contributed by atoms with Crippen LogP contribution in [0.15, 0.2) is 12.1 Å². The Hall–Kier alpha value is -1.29. The number of carbonyl (C=O) groups is 1. The van der Waals surface area contributed by atoms with Crippen LogP contribution in [0.1, 0.15) is 10.4 Å². The Morgan fingerprint density at radius 1 is 1.62 bits per heavy atom. The van der Waals surface area contributed by atoms with E-state index in [-0.39, 0.29) is 16.3 Å². The van der Waals surface area contributed by atoms with E-state index in [0.29, 0.717) is 0 Å². The maximum Gasteiger partial charge on any atom is 0.342 e. The summed E-state index contributed by atoms with van der Waals surface area (Å²) in [5.41, 5.74) is 5.19. The van der Waals surface area contributed by atoms with Crippen LogP contribution in [0, 0.1) is 5.82 Å². The van der Waals surface area contributed by atoms with Crippen LogP contribution in [0.4, 0.5) is 10.1 Å². The molecule has 0 saturated heterocycles. The first-order chi connectivity index (χ1) is 6.07. The van der Waals surface area contributed by atoms with Crippen molar-refractivity contribution in [2.75, 3.05) is 12.8 Å². The van der Waals surface area contributed by atoms with Crippen molar-refractivity contribution in [2.24, 2.45) is 0 Å². The van der Waals surface area contributed by atoms with Gasteiger partial charge in [0.25, 0.3) is 0 Å². The molecule has 1 aromatic carbocycles. The highest BCUT2D eigenvalue weighted by molar-refractivity contribution is 6.36. The van der Waals surface area contributed by atoms with E-state index in [1.165, 1.54) is 6.07 Å². The summed E-state index contributed by atoms with van der Waals surface area (Å²) in [6, 6.07) is 2.34. The number of nitrogen functional groups attached to an aromatic ring is 1. The van der Waals surface area contributed by atoms with Gasteiger partial charge in [0.05, 0.1) is 17.8 Å². The molecule has 0 aromatic heterocycles. The molecule has 1 rings (SSSR count). The molecular formula is C8H7ClFNO2. The molecule has 0 amide bonds. The molecule has 70 valence electrons. The molecule has 3 nitrogen and oxygen atoms in total. The fraction of sp³-hybridized carbons (Fsp3) is 0.125. The molecule has 13 heavy (non-hydrogen) atoms. The summed E-state index contributed by atoms with van der Waals surface area (Å²) in [6.07, 6.45) is 0. The van der Waals surface area contributed by atoms with E-state index in [0.717, 1.165) is 13.2 Å². The SMILES string of the molecule is COC(=O)c1c(F)ccc(N)c1Cl. The predicted octanol–water partition coefficient (Wildman–Crippen LogP) is 1.85. The van der Waals surface area contributed by atoms with Crippen LogP contribution in [-0.2, 0) is 4.74 Å². The van der Waals surface area contributed by atoms with Crippen LogP contribution < -0.4 is 5.73 Å². The lowest BCUT2D eigenvalue weighted by molar-refractivity contribution is 0.0596. The highest BCUT2D eigenvalue weighted by Crippen LogP contribution is 2.26. The number of carbonyl (C=O) groups excluding carboxylic acids is 1. The lowest BCUT2D eigenvalue weighted by Gasteiger charge is -2.05. The molecule has 0 unspecified atom stereocenters. The first-order valence-electron chi connectivity index (χ1n) is 3.39. The van der Waals surface area contributed by atoms with Crippen molar-refractivity contribution in [1.29, 1.82) is 0 Å². The molecule has 0 aliphatic rings. The number of hydrogen-bond acceptors (Lipinski definition) is 3. The van der Waals surface area contributed by atoms with Gasteiger partial charge in [0.2, 0.25) is 0 Å². The largest absolute Gasteiger partial charge is 0.465 e. The average molecular weight is 204 g/mol. The zero-order valence-corrected chi connectivity index (χ0v) is 7.56. The number of methoxy groups -OCH3 is 1. The molecular weight excluding hydrogens is 197 g/mol. The van der Waals surface area contributed by atoms with Gasteiger partial charge in [0.15, 0.2) is 0 Å². The topological polar surface area (TPSA) is 52.3 Å². The lowest BCUT2D eigenvalue weighted by atomic mass is 10.2. The van der Waals surface area contributed by atoms with Gasteiger partial charge in [0, 0.05) is 0 Å². The van der Waals surface area contributed by atoms with Gasteiger partial charge < -0.3 is 10.5 Å². The summed E-state index contributed by atoms with van der Waals surface area (Å²) in [7, 11) is 1.14. The highest BCUT2D eigenvalue weighted by atomic mass is 35.5. The number of ether oxygens (including phenoxy) is 1. The predicted molar refractivity (Wildman–Crippen MR) is 47.2 cm³/mol. The molecule has 0 bridgehead atoms. The quantitative estimate of drug-likeness (QED) is 0.560. The summed E-state index contributed by atoms with van der Waals surface area (Å²) >= 11 is 5.61. The number of esters is 1. The zero-order valence-electron chi connectivity index (χ0n) is 6.80. The summed E-state index contributed by atoms with van der Waals surface area (Å²) in [4.78, 5) is 11.0. The van der Waals surface area contributed by atoms with E-state index < -0.39 is 11.8 Å². The third-order valence-corrected chi connectivity index (χ3v) is 1.92. The van der Waals surface area contributed by atoms with E-state index in [1.807, 2.05) is 0 Å². The number of nitrogens with two attached hydrogens (primary N) is 1. The van der Waals surface area contributed by atoms with Crippen molar-refractivity contribution in [1.82, 2.24) is 0 Å². The van der Waals surface area contributed by atoms with E-state index >= 15 is 0 Å². The van der Waals surface area contributed by atoms with Gasteiger partial charge >= 0.3 is 5.97 Å². The molecule has 0 heterocycles. The second kappa shape index (κ2) is 3.62. The lowest BCUT2D eigenvalue weighted by Crippen LogP contribution is -2.06. The molecule has 0 aliphatic carbocycles. The number of benzene rings is 1. The molecule has 0 atom stereocenters. The number of hydrogen-bond donors (Lipinski definition) is 1. The van der Waals surface area contributed by atoms with Crippen LogP contribution in [0.25, 0.3) is 0 Å². The summed E-state index contributed by atoms with van der Waals surface area (Å²) < 4.78 is 17.4. The van der Waals surface area contributed by atoms with Crippen molar-refractivity contribution in [3.8, 4) is 0 Å². The molecule has 0 saturated carbocycles. The van der Waals surface area contributed by atoms with Gasteiger partial charge in [-0.2, -0.15) is 0 Å². The highest BCUT2D eigenvalue weighted by Gasteiger charge is 2.18. The van der Waals surface area contributed by atoms with Crippen LogP contribution in [0.2, 0.25) is 5.02 Å². The minimum absolute atomic E-state index is 0.119. The molecule has 5 heteroatoms. The van der Waals surface area contributed by atoms with E-state index in [4.69, 9.17) is 17.3 Å². The summed E-state index contributed by atoms with van der Waals surface area (Å²) in [6.45, 7) is 0. The standard InChI is InChI=1S/C8H7ClFNO2/c1-13-8(12)6-4(10)2-3-5(11)7(6)9/h2-3H,11H2,1H3. The monoisotopic (exact) mass is 203 g/mol. The van der Waals surface area contributed by atoms with Gasteiger partial charge in [-0.1, -0.05) is 11.6 Å². The fourth-order valence-electron chi connectivity index (χ4n) is 0.858. The number of anilines is 1. The number of rotatable bonds is 1. The van der Waals surface area contributed by atoms with E-state index in [9.17, 15) is 9.18 Å². The van der Waals surface area contributed by atoms with Crippen LogP contribution in [0.5, 0.6) is 0 Å². The first-order valence-corrected chi connectivity index (χ1v) is 3.77. The Kier molecular flexibility index (Phi) is 2.72. The molecule has 0 fully saturated rings. The van der Waals surface area contributed by atoms with Gasteiger partial charge in [-0.15, -0.1) is 0 Å². The van der Waals surface area contributed by atoms with Crippen molar-refractivity contribution in [2.45, 2.75) is 0 Å². The van der Waals surface area contributed by atoms with Gasteiger partial charge in [-0.05, 0) is 12.1 Å². The molecule has 0 radical (unpaired) electrons. The van der Waals surface area contributed by atoms with Crippen molar-refractivity contribution in [3.05, 3.63) is 28.5 Å². The molecule has 2 N–H and O–H groups in total. The van der Waals surface area contributed by atoms with Crippen LogP contribution in [0.3, 0.4) is 0 Å². The Labute approximate surface area is 79.2 Å². The Morgan fingerprint density at radius 3 is 2.77 bits per heavy atom. The van der Waals surface area contributed by atoms with Gasteiger partial charge in [-0.3, -0.25) is 0 Å². The normalized spacial score (nSPS) is 9.77. The molecule has 0 spiro atoms. The number of halogens is 2. The maximum absolute atomic E-state index is 13.0. The maximum atomic E-state index is 13.0. The smallest absolute Gasteiger partial charge is 0.342 e. The second-order valence-electron chi connectivity index (χ2n) is 2.32. The zero-order chi connectivity index (χ0) is 10.0. The Bertz CT molecular complexity index is 354. The third kappa shape index (κ3) is 1.72. The fourth-order valence-corrected chi connectivity index (χ4v) is 1.09. The molecule has 0 aliphatic heterocycles. The summed E-state index contributed by atoms with van der Waals surface area (Å²) in [5.74, 6) is -1.58. The van der Waals surface area contributed by atoms with Gasteiger partial charge in [0.1, 0.15) is 11.4 Å². The summed E-state index contributed by atoms with van der Waals surface area (Å²) in [5, 5.41) is -0.119. The second-order valence-corrected chi connectivity index (χ2v) is 2.70. The van der Waals surface area contributed by atoms with Crippen molar-refractivity contribution in [3.63, 3.8) is 0 Å². The van der Waals surface area contributed by atoms with E-state index in [2.05, 4.69) is 4.74 Å². The molecule has 1 aromatic rings. The average Bonchev–Trinajstić information content (AvgIpc) is 2.12. The van der Waals surface area contributed by atoms with Gasteiger partial charge in [-0.25, -0.2) is 9.18 Å². The minimum Gasteiger partial charge on any atom is -0.465 e. The first kappa shape index (κ1) is 9.80. The third-order valence-electron chi connectivity index (χ3n) is 1.51. The van der Waals surface area contributed by atoms with E-state index in [1.54, 1.807) is 0 Å². The minimum atomic E-state index is -0.838. The van der Waals surface area contributed by atoms with Crippen LogP contribution in [-0.4, -0.2) is 13.1 Å². The Balaban J connectivity index is 3.33. The van der Waals surface area contributed by atoms with Crippen LogP contribution >= 0.6 is 11.6 Å². The van der Waals surface area contributed by atoms with Crippen molar-refractivity contribution >= 4 is 23.3 Å². The Morgan fingerprint density at radius 2 is 2.23 bits per heavy atom. The van der Waals surface area contributed by atoms with Crippen molar-refractivity contribution < 1.29 is 13.9 Å².